The molecule has 10 heteroatoms. The van der Waals surface area contributed by atoms with E-state index < -0.39 is 11.7 Å². The molecule has 2 bridgehead atoms. The highest BCUT2D eigenvalue weighted by molar-refractivity contribution is 7.15. The van der Waals surface area contributed by atoms with Crippen LogP contribution in [-0.4, -0.2) is 56.1 Å². The third-order valence-electron chi connectivity index (χ3n) is 6.76. The summed E-state index contributed by atoms with van der Waals surface area (Å²) in [5, 5.41) is 32.1. The van der Waals surface area contributed by atoms with Crippen LogP contribution in [-0.2, 0) is 0 Å². The molecule has 1 aromatic carbocycles. The van der Waals surface area contributed by atoms with Gasteiger partial charge in [-0.15, -0.1) is 21.5 Å². The maximum atomic E-state index is 15.4. The molecule has 170 valence electrons. The van der Waals surface area contributed by atoms with Crippen molar-refractivity contribution in [1.82, 2.24) is 25.5 Å². The minimum atomic E-state index is -1.02. The van der Waals surface area contributed by atoms with Crippen LogP contribution < -0.4 is 10.2 Å². The van der Waals surface area contributed by atoms with Crippen molar-refractivity contribution < 1.29 is 9.50 Å². The van der Waals surface area contributed by atoms with Gasteiger partial charge in [-0.1, -0.05) is 6.07 Å². The second-order valence-corrected chi connectivity index (χ2v) is 10.0. The van der Waals surface area contributed by atoms with Crippen molar-refractivity contribution in [1.29, 1.82) is 5.26 Å². The number of nitrogens with zero attached hydrogens (tertiary/aromatic N) is 6. The van der Waals surface area contributed by atoms with Crippen molar-refractivity contribution in [3.8, 4) is 33.8 Å². The third-order valence-corrected chi connectivity index (χ3v) is 7.72. The van der Waals surface area contributed by atoms with Crippen LogP contribution in [0.5, 0.6) is 5.75 Å². The second kappa shape index (κ2) is 8.32. The van der Waals surface area contributed by atoms with E-state index in [4.69, 9.17) is 5.26 Å². The SMILES string of the molecule is CN(c1cnc(-c2ccc(-c3ncc(C#N)s3)cc2O)nn1)[C@H]1C[C@@H]2CCC[C@@](C)(N2)[C@H]1F. The summed E-state index contributed by atoms with van der Waals surface area (Å²) in [6, 6.07) is 7.13. The Morgan fingerprint density at radius 2 is 2.15 bits per heavy atom. The molecule has 2 N–H and O–H groups in total. The summed E-state index contributed by atoms with van der Waals surface area (Å²) >= 11 is 1.25. The number of phenolic OH excluding ortho intramolecular Hbond substituents is 1. The first-order chi connectivity index (χ1) is 15.9. The van der Waals surface area contributed by atoms with Crippen molar-refractivity contribution in [2.24, 2.45) is 0 Å². The first-order valence-corrected chi connectivity index (χ1v) is 11.7. The molecule has 0 amide bonds. The number of rotatable bonds is 4. The molecule has 5 rings (SSSR count). The molecule has 33 heavy (non-hydrogen) atoms. The number of halogens is 1. The molecule has 0 radical (unpaired) electrons. The Morgan fingerprint density at radius 1 is 1.30 bits per heavy atom. The van der Waals surface area contributed by atoms with Gasteiger partial charge in [0.15, 0.2) is 11.6 Å². The lowest BCUT2D eigenvalue weighted by atomic mass is 9.73. The van der Waals surface area contributed by atoms with Crippen molar-refractivity contribution in [2.75, 3.05) is 11.9 Å². The summed E-state index contributed by atoms with van der Waals surface area (Å²) in [7, 11) is 1.84. The number of thiazole rings is 1. The Morgan fingerprint density at radius 3 is 2.85 bits per heavy atom. The van der Waals surface area contributed by atoms with Gasteiger partial charge in [0.1, 0.15) is 27.9 Å². The predicted molar refractivity (Wildman–Crippen MR) is 124 cm³/mol. The van der Waals surface area contributed by atoms with Crippen LogP contribution in [0, 0.1) is 11.3 Å². The highest BCUT2D eigenvalue weighted by Gasteiger charge is 2.49. The number of benzene rings is 1. The molecule has 2 aliphatic heterocycles. The van der Waals surface area contributed by atoms with Crippen LogP contribution in [0.15, 0.2) is 30.6 Å². The number of aromatic nitrogens is 4. The van der Waals surface area contributed by atoms with Crippen LogP contribution in [0.25, 0.3) is 22.0 Å². The fourth-order valence-corrected chi connectivity index (χ4v) is 5.66. The monoisotopic (exact) mass is 465 g/mol. The normalized spacial score (nSPS) is 26.5. The average molecular weight is 466 g/mol. The molecule has 0 saturated carbocycles. The third kappa shape index (κ3) is 3.92. The Hall–Kier alpha value is -3.16. The number of aromatic hydroxyl groups is 1. The number of nitrogens with one attached hydrogen (secondary N) is 1. The fourth-order valence-electron chi connectivity index (χ4n) is 4.95. The molecule has 0 aliphatic carbocycles. The van der Waals surface area contributed by atoms with E-state index >= 15 is 4.39 Å². The first-order valence-electron chi connectivity index (χ1n) is 10.9. The molecule has 0 spiro atoms. The highest BCUT2D eigenvalue weighted by Crippen LogP contribution is 2.39. The van der Waals surface area contributed by atoms with Gasteiger partial charge in [-0.25, -0.2) is 14.4 Å². The van der Waals surface area contributed by atoms with E-state index in [0.717, 1.165) is 19.3 Å². The Balaban J connectivity index is 1.36. The van der Waals surface area contributed by atoms with E-state index in [2.05, 4.69) is 31.6 Å². The molecule has 2 fully saturated rings. The lowest BCUT2D eigenvalue weighted by Gasteiger charge is -2.52. The van der Waals surface area contributed by atoms with Gasteiger partial charge in [0.05, 0.1) is 24.0 Å². The summed E-state index contributed by atoms with van der Waals surface area (Å²) in [5.74, 6) is 0.768. The summed E-state index contributed by atoms with van der Waals surface area (Å²) in [6.07, 6.45) is 5.70. The quantitative estimate of drug-likeness (QED) is 0.600. The molecule has 2 aromatic heterocycles. The van der Waals surface area contributed by atoms with Crippen LogP contribution in [0.2, 0.25) is 0 Å². The zero-order valence-electron chi connectivity index (χ0n) is 18.4. The topological polar surface area (TPSA) is 111 Å². The van der Waals surface area contributed by atoms with Gasteiger partial charge in [0, 0.05) is 24.2 Å². The lowest BCUT2D eigenvalue weighted by molar-refractivity contribution is 0.0405. The molecular weight excluding hydrogens is 441 g/mol. The van der Waals surface area contributed by atoms with Gasteiger partial charge in [0.2, 0.25) is 0 Å². The largest absolute Gasteiger partial charge is 0.507 e. The van der Waals surface area contributed by atoms with E-state index in [-0.39, 0.29) is 17.6 Å². The lowest BCUT2D eigenvalue weighted by Crippen LogP contribution is -2.68. The van der Waals surface area contributed by atoms with Crippen molar-refractivity contribution in [3.05, 3.63) is 35.5 Å². The van der Waals surface area contributed by atoms with Crippen LogP contribution in [0.3, 0.4) is 0 Å². The van der Waals surface area contributed by atoms with Crippen LogP contribution in [0.4, 0.5) is 10.2 Å². The summed E-state index contributed by atoms with van der Waals surface area (Å²) in [5.41, 5.74) is 0.621. The summed E-state index contributed by atoms with van der Waals surface area (Å²) < 4.78 is 15.4. The molecule has 4 heterocycles. The number of nitriles is 1. The van der Waals surface area contributed by atoms with E-state index in [1.165, 1.54) is 17.5 Å². The standard InChI is InChI=1S/C23H24FN7OS/c1-23-7-3-4-14(28-23)9-17(20(23)24)31(2)19-12-26-21(30-29-19)16-6-5-13(8-18(16)32)22-27-11-15(10-25)33-22/h5-6,8,11-12,14,17,20,28,32H,3-4,7,9H2,1-2H3/t14-,17-,20-,23+/m0/s1. The predicted octanol–water partition coefficient (Wildman–Crippen LogP) is 3.69. The van der Waals surface area contributed by atoms with Gasteiger partial charge in [-0.05, 0) is 44.7 Å². The van der Waals surface area contributed by atoms with Crippen molar-refractivity contribution >= 4 is 17.2 Å². The zero-order valence-corrected chi connectivity index (χ0v) is 19.2. The Labute approximate surface area is 195 Å². The van der Waals surface area contributed by atoms with E-state index in [1.54, 1.807) is 24.4 Å². The van der Waals surface area contributed by atoms with E-state index in [1.807, 2.05) is 18.9 Å². The highest BCUT2D eigenvalue weighted by atomic mass is 32.1. The Kier molecular flexibility index (Phi) is 5.46. The summed E-state index contributed by atoms with van der Waals surface area (Å²) in [6.45, 7) is 1.97. The molecule has 8 nitrogen and oxygen atoms in total. The maximum Gasteiger partial charge on any atom is 0.185 e. The van der Waals surface area contributed by atoms with Crippen molar-refractivity contribution in [3.63, 3.8) is 0 Å². The van der Waals surface area contributed by atoms with Crippen molar-refractivity contribution in [2.45, 2.75) is 56.4 Å². The Bertz CT molecular complexity index is 1210. The molecule has 2 aliphatic rings. The number of piperidine rings is 2. The fraction of sp³-hybridized carbons (Fsp3) is 0.435. The van der Waals surface area contributed by atoms with Crippen LogP contribution >= 0.6 is 11.3 Å². The number of hydrogen-bond donors (Lipinski definition) is 2. The maximum absolute atomic E-state index is 15.4. The minimum absolute atomic E-state index is 0.00737. The number of fused-ring (bicyclic) bond motifs is 2. The molecule has 2 saturated heterocycles. The molecule has 3 aromatic rings. The molecule has 0 unspecified atom stereocenters. The van der Waals surface area contributed by atoms with Gasteiger partial charge < -0.3 is 15.3 Å². The first kappa shape index (κ1) is 21.7. The number of phenols is 1. The zero-order chi connectivity index (χ0) is 23.2. The minimum Gasteiger partial charge on any atom is -0.507 e. The number of hydrogen-bond acceptors (Lipinski definition) is 9. The second-order valence-electron chi connectivity index (χ2n) is 8.98. The van der Waals surface area contributed by atoms with E-state index in [0.29, 0.717) is 39.3 Å². The van der Waals surface area contributed by atoms with Gasteiger partial charge >= 0.3 is 0 Å². The van der Waals surface area contributed by atoms with Gasteiger partial charge in [-0.3, -0.25) is 0 Å². The van der Waals surface area contributed by atoms with Crippen LogP contribution in [0.1, 0.15) is 37.5 Å². The van der Waals surface area contributed by atoms with Gasteiger partial charge in [-0.2, -0.15) is 5.26 Å². The average Bonchev–Trinajstić information content (AvgIpc) is 3.31. The number of alkyl halides is 1. The molecular formula is C23H24FN7OS. The molecule has 4 atom stereocenters. The number of anilines is 1. The van der Waals surface area contributed by atoms with Gasteiger partial charge in [0.25, 0.3) is 0 Å². The van der Waals surface area contributed by atoms with E-state index in [9.17, 15) is 5.11 Å². The smallest absolute Gasteiger partial charge is 0.185 e. The summed E-state index contributed by atoms with van der Waals surface area (Å²) in [4.78, 5) is 10.9.